The third-order valence-corrected chi connectivity index (χ3v) is 5.22. The molecule has 2 aliphatic rings. The Morgan fingerprint density at radius 1 is 1.28 bits per heavy atom. The van der Waals surface area contributed by atoms with Crippen molar-refractivity contribution in [2.45, 2.75) is 52.2 Å². The number of hydrogen-bond acceptors (Lipinski definition) is 4. The first kappa shape index (κ1) is 24.1. The Kier molecular flexibility index (Phi) is 10.4. The van der Waals surface area contributed by atoms with E-state index in [1.165, 1.54) is 19.0 Å². The van der Waals surface area contributed by atoms with Crippen LogP contribution in [0.15, 0.2) is 17.1 Å². The van der Waals surface area contributed by atoms with Gasteiger partial charge in [0.25, 0.3) is 0 Å². The van der Waals surface area contributed by atoms with Crippen molar-refractivity contribution >= 4 is 29.9 Å². The minimum atomic E-state index is -0.254. The number of nitrogens with one attached hydrogen (secondary N) is 2. The first-order valence-corrected chi connectivity index (χ1v) is 10.5. The molecule has 0 amide bonds. The van der Waals surface area contributed by atoms with Gasteiger partial charge in [-0.15, -0.1) is 24.0 Å². The van der Waals surface area contributed by atoms with E-state index in [9.17, 15) is 4.39 Å². The number of ether oxygens (including phenoxy) is 2. The molecule has 164 valence electrons. The molecule has 1 fully saturated rings. The number of benzene rings is 1. The number of fused-ring (bicyclic) bond motifs is 1. The van der Waals surface area contributed by atoms with Crippen molar-refractivity contribution in [2.75, 3.05) is 39.5 Å². The van der Waals surface area contributed by atoms with Gasteiger partial charge >= 0.3 is 0 Å². The summed E-state index contributed by atoms with van der Waals surface area (Å²) in [7, 11) is 0. The summed E-state index contributed by atoms with van der Waals surface area (Å²) < 4.78 is 24.7. The maximum atomic E-state index is 13.9. The molecule has 1 aromatic carbocycles. The molecule has 0 unspecified atom stereocenters. The summed E-state index contributed by atoms with van der Waals surface area (Å²) in [6, 6.07) is 3.48. The summed E-state index contributed by atoms with van der Waals surface area (Å²) in [5, 5.41) is 6.89. The summed E-state index contributed by atoms with van der Waals surface area (Å²) in [6.45, 7) is 9.76. The van der Waals surface area contributed by atoms with Gasteiger partial charge in [-0.05, 0) is 56.8 Å². The highest BCUT2D eigenvalue weighted by molar-refractivity contribution is 14.0. The zero-order valence-electron chi connectivity index (χ0n) is 17.5. The average Bonchev–Trinajstić information content (AvgIpc) is 2.69. The smallest absolute Gasteiger partial charge is 0.191 e. The number of nitrogens with zero attached hydrogens (tertiary/aromatic N) is 2. The summed E-state index contributed by atoms with van der Waals surface area (Å²) in [5.74, 6) is 1.34. The summed E-state index contributed by atoms with van der Waals surface area (Å²) in [4.78, 5) is 7.24. The predicted octanol–water partition coefficient (Wildman–Crippen LogP) is 3.28. The molecular formula is C21H34FIN4O2. The minimum absolute atomic E-state index is 0. The van der Waals surface area contributed by atoms with Crippen LogP contribution >= 0.6 is 24.0 Å². The van der Waals surface area contributed by atoms with Crippen molar-refractivity contribution in [1.29, 1.82) is 0 Å². The molecule has 0 bridgehead atoms. The van der Waals surface area contributed by atoms with Gasteiger partial charge in [0.05, 0.1) is 6.61 Å². The van der Waals surface area contributed by atoms with Crippen molar-refractivity contribution in [3.05, 3.63) is 29.1 Å². The SMILES string of the molecule is CCCN1CCC(NC(=NCCc2cc(F)cc3c2OCOC3)NCC)CC1.I. The molecule has 8 heteroatoms. The van der Waals surface area contributed by atoms with Crippen LogP contribution in [0.25, 0.3) is 0 Å². The molecular weight excluding hydrogens is 486 g/mol. The number of hydrogen-bond donors (Lipinski definition) is 2. The molecule has 2 heterocycles. The van der Waals surface area contributed by atoms with Crippen LogP contribution in [0.4, 0.5) is 4.39 Å². The lowest BCUT2D eigenvalue weighted by molar-refractivity contribution is -0.0172. The van der Waals surface area contributed by atoms with Crippen molar-refractivity contribution < 1.29 is 13.9 Å². The van der Waals surface area contributed by atoms with Gasteiger partial charge in [0.2, 0.25) is 0 Å². The van der Waals surface area contributed by atoms with Crippen molar-refractivity contribution in [2.24, 2.45) is 4.99 Å². The highest BCUT2D eigenvalue weighted by Crippen LogP contribution is 2.29. The van der Waals surface area contributed by atoms with E-state index in [-0.39, 0.29) is 36.6 Å². The normalized spacial score (nSPS) is 17.8. The maximum absolute atomic E-state index is 13.9. The summed E-state index contributed by atoms with van der Waals surface area (Å²) in [5.41, 5.74) is 1.62. The molecule has 2 N–H and O–H groups in total. The van der Waals surface area contributed by atoms with Crippen LogP contribution in [0.3, 0.4) is 0 Å². The van der Waals surface area contributed by atoms with Crippen LogP contribution < -0.4 is 15.4 Å². The lowest BCUT2D eigenvalue weighted by Crippen LogP contribution is -2.48. The number of aliphatic imine (C=N–C) groups is 1. The van der Waals surface area contributed by atoms with E-state index in [1.54, 1.807) is 6.07 Å². The molecule has 1 saturated heterocycles. The fourth-order valence-corrected chi connectivity index (χ4v) is 3.86. The monoisotopic (exact) mass is 520 g/mol. The zero-order valence-corrected chi connectivity index (χ0v) is 19.8. The lowest BCUT2D eigenvalue weighted by Gasteiger charge is -2.32. The fourth-order valence-electron chi connectivity index (χ4n) is 3.86. The van der Waals surface area contributed by atoms with Crippen molar-refractivity contribution in [1.82, 2.24) is 15.5 Å². The second-order valence-electron chi connectivity index (χ2n) is 7.43. The molecule has 0 aliphatic carbocycles. The van der Waals surface area contributed by atoms with Gasteiger partial charge in [-0.25, -0.2) is 4.39 Å². The molecule has 2 aliphatic heterocycles. The quantitative estimate of drug-likeness (QED) is 0.329. The molecule has 0 saturated carbocycles. The predicted molar refractivity (Wildman–Crippen MR) is 125 cm³/mol. The van der Waals surface area contributed by atoms with E-state index in [0.29, 0.717) is 25.6 Å². The molecule has 0 radical (unpaired) electrons. The molecule has 3 rings (SSSR count). The maximum Gasteiger partial charge on any atom is 0.191 e. The molecule has 1 aromatic rings. The van der Waals surface area contributed by atoms with Crippen molar-refractivity contribution in [3.8, 4) is 5.75 Å². The van der Waals surface area contributed by atoms with Crippen LogP contribution in [0.1, 0.15) is 44.2 Å². The Hall–Kier alpha value is -1.13. The highest BCUT2D eigenvalue weighted by atomic mass is 127. The van der Waals surface area contributed by atoms with E-state index in [1.807, 2.05) is 0 Å². The summed E-state index contributed by atoms with van der Waals surface area (Å²) in [6.07, 6.45) is 4.11. The summed E-state index contributed by atoms with van der Waals surface area (Å²) >= 11 is 0. The molecule has 0 spiro atoms. The Morgan fingerprint density at radius 3 is 2.79 bits per heavy atom. The second kappa shape index (κ2) is 12.5. The average molecular weight is 520 g/mol. The fraction of sp³-hybridized carbons (Fsp3) is 0.667. The molecule has 29 heavy (non-hydrogen) atoms. The van der Waals surface area contributed by atoms with Crippen LogP contribution in [0, 0.1) is 5.82 Å². The van der Waals surface area contributed by atoms with E-state index in [2.05, 4.69) is 29.4 Å². The van der Waals surface area contributed by atoms with Gasteiger partial charge in [0.1, 0.15) is 11.6 Å². The van der Waals surface area contributed by atoms with Crippen LogP contribution in [-0.2, 0) is 17.8 Å². The standard InChI is InChI=1S/C21H33FN4O2.HI/c1-3-9-26-10-6-19(7-11-26)25-21(23-4-2)24-8-5-16-12-18(22)13-17-14-27-15-28-20(16)17;/h12-13,19H,3-11,14-15H2,1-2H3,(H2,23,24,25);1H. The van der Waals surface area contributed by atoms with Crippen LogP contribution in [0.2, 0.25) is 0 Å². The Balaban J connectivity index is 0.00000300. The molecule has 0 aromatic heterocycles. The van der Waals surface area contributed by atoms with Gasteiger partial charge in [-0.2, -0.15) is 0 Å². The first-order chi connectivity index (χ1) is 13.7. The second-order valence-corrected chi connectivity index (χ2v) is 7.43. The minimum Gasteiger partial charge on any atom is -0.467 e. The Morgan fingerprint density at radius 2 is 2.07 bits per heavy atom. The number of guanidine groups is 1. The third-order valence-electron chi connectivity index (χ3n) is 5.22. The Bertz CT molecular complexity index is 666. The number of likely N-dealkylation sites (tertiary alicyclic amines) is 1. The van der Waals surface area contributed by atoms with Gasteiger partial charge in [-0.3, -0.25) is 4.99 Å². The van der Waals surface area contributed by atoms with Gasteiger partial charge in [0.15, 0.2) is 12.8 Å². The van der Waals surface area contributed by atoms with Crippen molar-refractivity contribution in [3.63, 3.8) is 0 Å². The van der Waals surface area contributed by atoms with E-state index >= 15 is 0 Å². The first-order valence-electron chi connectivity index (χ1n) is 10.5. The topological polar surface area (TPSA) is 58.1 Å². The number of halogens is 2. The van der Waals surface area contributed by atoms with Gasteiger partial charge < -0.3 is 25.0 Å². The largest absolute Gasteiger partial charge is 0.467 e. The lowest BCUT2D eigenvalue weighted by atomic mass is 10.0. The molecule has 6 nitrogen and oxygen atoms in total. The highest BCUT2D eigenvalue weighted by Gasteiger charge is 2.20. The van der Waals surface area contributed by atoms with Gasteiger partial charge in [-0.1, -0.05) is 6.92 Å². The zero-order chi connectivity index (χ0) is 19.8. The van der Waals surface area contributed by atoms with Crippen LogP contribution in [-0.4, -0.2) is 56.4 Å². The van der Waals surface area contributed by atoms with Gasteiger partial charge in [0, 0.05) is 37.8 Å². The van der Waals surface area contributed by atoms with E-state index in [4.69, 9.17) is 14.5 Å². The number of rotatable bonds is 7. The van der Waals surface area contributed by atoms with Crippen LogP contribution in [0.5, 0.6) is 5.75 Å². The molecule has 0 atom stereocenters. The van der Waals surface area contributed by atoms with E-state index in [0.717, 1.165) is 55.3 Å². The number of piperidine rings is 1. The van der Waals surface area contributed by atoms with E-state index < -0.39 is 0 Å². The third kappa shape index (κ3) is 7.25. The Labute approximate surface area is 190 Å².